The second kappa shape index (κ2) is 6.80. The van der Waals surface area contributed by atoms with E-state index in [4.69, 9.17) is 9.51 Å². The molecule has 0 radical (unpaired) electrons. The maximum Gasteiger partial charge on any atom is 0.223 e. The second-order valence-electron chi connectivity index (χ2n) is 6.50. The number of rotatable bonds is 4. The first-order valence-electron chi connectivity index (χ1n) is 8.88. The highest BCUT2D eigenvalue weighted by atomic mass is 16.5. The minimum Gasteiger partial charge on any atom is -0.368 e. The van der Waals surface area contributed by atoms with Crippen molar-refractivity contribution >= 4 is 16.6 Å². The molecule has 0 amide bonds. The minimum atomic E-state index is 0.629. The van der Waals surface area contributed by atoms with E-state index >= 15 is 0 Å². The molecule has 1 aromatic carbocycles. The van der Waals surface area contributed by atoms with Crippen molar-refractivity contribution in [1.29, 1.82) is 0 Å². The molecule has 2 aromatic heterocycles. The Morgan fingerprint density at radius 3 is 2.60 bits per heavy atom. The number of pyridine rings is 1. The molecule has 0 N–H and O–H groups in total. The van der Waals surface area contributed by atoms with Gasteiger partial charge in [0.25, 0.3) is 0 Å². The van der Waals surface area contributed by atoms with E-state index in [1.54, 1.807) is 0 Å². The SMILES string of the molecule is CCc1cc(N2CCN(Cc3noc(C)n3)CC2)c2ccccc2n1. The number of para-hydroxylation sites is 1. The molecule has 1 fully saturated rings. The number of aromatic nitrogens is 3. The Bertz CT molecular complexity index is 867. The van der Waals surface area contributed by atoms with Gasteiger partial charge < -0.3 is 9.42 Å². The van der Waals surface area contributed by atoms with E-state index in [0.29, 0.717) is 5.89 Å². The quantitative estimate of drug-likeness (QED) is 0.730. The Labute approximate surface area is 147 Å². The highest BCUT2D eigenvalue weighted by molar-refractivity contribution is 5.92. The number of piperazine rings is 1. The summed E-state index contributed by atoms with van der Waals surface area (Å²) in [5.74, 6) is 1.40. The van der Waals surface area contributed by atoms with Crippen LogP contribution in [-0.4, -0.2) is 46.2 Å². The molecular weight excluding hydrogens is 314 g/mol. The van der Waals surface area contributed by atoms with Gasteiger partial charge in [-0.05, 0) is 18.6 Å². The van der Waals surface area contributed by atoms with Crippen LogP contribution < -0.4 is 4.90 Å². The second-order valence-corrected chi connectivity index (χ2v) is 6.50. The molecule has 1 aliphatic heterocycles. The highest BCUT2D eigenvalue weighted by Crippen LogP contribution is 2.28. The summed E-state index contributed by atoms with van der Waals surface area (Å²) in [5.41, 5.74) is 3.54. The van der Waals surface area contributed by atoms with Gasteiger partial charge >= 0.3 is 0 Å². The lowest BCUT2D eigenvalue weighted by molar-refractivity contribution is 0.240. The van der Waals surface area contributed by atoms with Gasteiger partial charge in [-0.15, -0.1) is 0 Å². The lowest BCUT2D eigenvalue weighted by atomic mass is 10.1. The number of hydrogen-bond acceptors (Lipinski definition) is 6. The van der Waals surface area contributed by atoms with E-state index in [9.17, 15) is 0 Å². The fourth-order valence-corrected chi connectivity index (χ4v) is 3.41. The number of anilines is 1. The van der Waals surface area contributed by atoms with Crippen LogP contribution in [0.2, 0.25) is 0 Å². The van der Waals surface area contributed by atoms with Crippen molar-refractivity contribution in [3.8, 4) is 0 Å². The molecule has 0 unspecified atom stereocenters. The molecule has 6 heteroatoms. The summed E-state index contributed by atoms with van der Waals surface area (Å²) in [5, 5.41) is 5.24. The fourth-order valence-electron chi connectivity index (χ4n) is 3.41. The third-order valence-electron chi connectivity index (χ3n) is 4.76. The Kier molecular flexibility index (Phi) is 4.36. The molecule has 25 heavy (non-hydrogen) atoms. The van der Waals surface area contributed by atoms with Crippen LogP contribution in [-0.2, 0) is 13.0 Å². The first-order valence-corrected chi connectivity index (χ1v) is 8.88. The van der Waals surface area contributed by atoms with Crippen LogP contribution in [0.15, 0.2) is 34.9 Å². The summed E-state index contributed by atoms with van der Waals surface area (Å²) in [6, 6.07) is 10.7. The summed E-state index contributed by atoms with van der Waals surface area (Å²) in [7, 11) is 0. The predicted molar refractivity (Wildman–Crippen MR) is 97.6 cm³/mol. The van der Waals surface area contributed by atoms with Crippen LogP contribution >= 0.6 is 0 Å². The maximum absolute atomic E-state index is 5.07. The predicted octanol–water partition coefficient (Wildman–Crippen LogP) is 2.81. The van der Waals surface area contributed by atoms with Gasteiger partial charge in [0.2, 0.25) is 5.89 Å². The first kappa shape index (κ1) is 16.0. The van der Waals surface area contributed by atoms with Gasteiger partial charge in [0.05, 0.1) is 12.1 Å². The zero-order valence-corrected chi connectivity index (χ0v) is 14.8. The van der Waals surface area contributed by atoms with Crippen molar-refractivity contribution in [2.45, 2.75) is 26.8 Å². The smallest absolute Gasteiger partial charge is 0.223 e. The van der Waals surface area contributed by atoms with Crippen molar-refractivity contribution < 1.29 is 4.52 Å². The Morgan fingerprint density at radius 1 is 1.08 bits per heavy atom. The summed E-state index contributed by atoms with van der Waals surface area (Å²) < 4.78 is 5.07. The van der Waals surface area contributed by atoms with Crippen molar-refractivity contribution in [2.24, 2.45) is 0 Å². The van der Waals surface area contributed by atoms with E-state index in [1.165, 1.54) is 11.1 Å². The molecule has 1 saturated heterocycles. The summed E-state index contributed by atoms with van der Waals surface area (Å²) in [6.45, 7) is 8.71. The average molecular weight is 337 g/mol. The van der Waals surface area contributed by atoms with Gasteiger partial charge in [0.1, 0.15) is 0 Å². The monoisotopic (exact) mass is 337 g/mol. The van der Waals surface area contributed by atoms with E-state index in [2.05, 4.69) is 57.2 Å². The van der Waals surface area contributed by atoms with Gasteiger partial charge in [-0.25, -0.2) is 0 Å². The van der Waals surface area contributed by atoms with Gasteiger partial charge in [-0.3, -0.25) is 9.88 Å². The lowest BCUT2D eigenvalue weighted by Crippen LogP contribution is -2.46. The van der Waals surface area contributed by atoms with Gasteiger partial charge in [-0.1, -0.05) is 30.3 Å². The first-order chi connectivity index (χ1) is 12.2. The molecule has 0 bridgehead atoms. The van der Waals surface area contributed by atoms with Gasteiger partial charge in [-0.2, -0.15) is 4.98 Å². The zero-order valence-electron chi connectivity index (χ0n) is 14.8. The van der Waals surface area contributed by atoms with E-state index < -0.39 is 0 Å². The average Bonchev–Trinajstić information content (AvgIpc) is 3.06. The third kappa shape index (κ3) is 3.35. The Balaban J connectivity index is 1.51. The van der Waals surface area contributed by atoms with Crippen molar-refractivity contribution in [1.82, 2.24) is 20.0 Å². The van der Waals surface area contributed by atoms with E-state index in [0.717, 1.165) is 56.2 Å². The number of benzene rings is 1. The van der Waals surface area contributed by atoms with Gasteiger partial charge in [0.15, 0.2) is 5.82 Å². The van der Waals surface area contributed by atoms with Crippen molar-refractivity contribution in [3.05, 3.63) is 47.7 Å². The van der Waals surface area contributed by atoms with Crippen LogP contribution in [0.25, 0.3) is 10.9 Å². The minimum absolute atomic E-state index is 0.629. The molecule has 130 valence electrons. The molecule has 3 aromatic rings. The molecule has 0 saturated carbocycles. The summed E-state index contributed by atoms with van der Waals surface area (Å²) in [4.78, 5) is 13.9. The Morgan fingerprint density at radius 2 is 1.88 bits per heavy atom. The molecule has 1 aliphatic rings. The maximum atomic E-state index is 5.07. The number of aryl methyl sites for hydroxylation is 2. The molecule has 0 atom stereocenters. The van der Waals surface area contributed by atoms with Gasteiger partial charge in [0, 0.05) is 49.9 Å². The number of fused-ring (bicyclic) bond motifs is 1. The number of hydrogen-bond donors (Lipinski definition) is 0. The molecule has 0 spiro atoms. The normalized spacial score (nSPS) is 15.8. The molecule has 0 aliphatic carbocycles. The van der Waals surface area contributed by atoms with Crippen LogP contribution in [0.5, 0.6) is 0 Å². The van der Waals surface area contributed by atoms with E-state index in [-0.39, 0.29) is 0 Å². The molecule has 3 heterocycles. The van der Waals surface area contributed by atoms with Crippen LogP contribution in [0.3, 0.4) is 0 Å². The number of nitrogens with zero attached hydrogens (tertiary/aromatic N) is 5. The van der Waals surface area contributed by atoms with Crippen LogP contribution in [0.1, 0.15) is 24.3 Å². The lowest BCUT2D eigenvalue weighted by Gasteiger charge is -2.36. The Hall–Kier alpha value is -2.47. The third-order valence-corrected chi connectivity index (χ3v) is 4.76. The molecule has 4 rings (SSSR count). The zero-order chi connectivity index (χ0) is 17.2. The highest BCUT2D eigenvalue weighted by Gasteiger charge is 2.20. The van der Waals surface area contributed by atoms with Crippen molar-refractivity contribution in [3.63, 3.8) is 0 Å². The topological polar surface area (TPSA) is 58.3 Å². The summed E-state index contributed by atoms with van der Waals surface area (Å²) >= 11 is 0. The fraction of sp³-hybridized carbons (Fsp3) is 0.421. The van der Waals surface area contributed by atoms with Crippen LogP contribution in [0, 0.1) is 6.92 Å². The van der Waals surface area contributed by atoms with Crippen molar-refractivity contribution in [2.75, 3.05) is 31.1 Å². The molecule has 6 nitrogen and oxygen atoms in total. The standard InChI is InChI=1S/C19H23N5O/c1-3-15-12-18(16-6-4-5-7-17(16)21-15)24-10-8-23(9-11-24)13-19-20-14(2)25-22-19/h4-7,12H,3,8-11,13H2,1-2H3. The molecular formula is C19H23N5O. The van der Waals surface area contributed by atoms with Crippen LogP contribution in [0.4, 0.5) is 5.69 Å². The summed E-state index contributed by atoms with van der Waals surface area (Å²) in [6.07, 6.45) is 0.953. The van der Waals surface area contributed by atoms with E-state index in [1.807, 2.05) is 6.92 Å². The largest absolute Gasteiger partial charge is 0.368 e.